The number of hydrogen-bond donors (Lipinski definition) is 3. The minimum atomic E-state index is -5.43. The lowest BCUT2D eigenvalue weighted by atomic mass is 10.0. The van der Waals surface area contributed by atoms with Gasteiger partial charge in [0.1, 0.15) is 0 Å². The molecule has 0 aliphatic heterocycles. The van der Waals surface area contributed by atoms with Crippen molar-refractivity contribution in [3.63, 3.8) is 0 Å². The first-order chi connectivity index (χ1) is 9.96. The van der Waals surface area contributed by atoms with Crippen LogP contribution < -0.4 is 16.2 Å². The van der Waals surface area contributed by atoms with Crippen molar-refractivity contribution >= 4 is 8.56 Å². The quantitative estimate of drug-likeness (QED) is 0.284. The summed E-state index contributed by atoms with van der Waals surface area (Å²) in [5, 5.41) is 16.7. The van der Waals surface area contributed by atoms with E-state index >= 15 is 0 Å². The van der Waals surface area contributed by atoms with Crippen LogP contribution in [0, 0.1) is 0 Å². The van der Waals surface area contributed by atoms with Crippen molar-refractivity contribution < 1.29 is 22.0 Å². The van der Waals surface area contributed by atoms with Gasteiger partial charge in [-0.3, -0.25) is 0 Å². The Morgan fingerprint density at radius 1 is 0.591 bits per heavy atom. The Morgan fingerprint density at radius 2 is 0.955 bits per heavy atom. The van der Waals surface area contributed by atoms with Crippen LogP contribution >= 0.6 is 0 Å². The molecule has 9 heteroatoms. The Kier molecular flexibility index (Phi) is 9.68. The van der Waals surface area contributed by atoms with Gasteiger partial charge in [-0.1, -0.05) is 51.4 Å². The second-order valence-corrected chi connectivity index (χ2v) is 8.72. The van der Waals surface area contributed by atoms with Gasteiger partial charge in [0.25, 0.3) is 8.56 Å². The fourth-order valence-electron chi connectivity index (χ4n) is 2.16. The van der Waals surface area contributed by atoms with E-state index in [2.05, 4.69) is 0 Å². The van der Waals surface area contributed by atoms with Crippen LogP contribution in [0.2, 0.25) is 6.04 Å². The maximum absolute atomic E-state index is 12.6. The van der Waals surface area contributed by atoms with Crippen molar-refractivity contribution in [1.29, 1.82) is 0 Å². The molecule has 22 heavy (non-hydrogen) atoms. The van der Waals surface area contributed by atoms with Gasteiger partial charge in [0.2, 0.25) is 0 Å². The van der Waals surface area contributed by atoms with E-state index in [0.29, 0.717) is 18.9 Å². The predicted molar refractivity (Wildman–Crippen MR) is 80.3 cm³/mol. The van der Waals surface area contributed by atoms with Gasteiger partial charge in [0, 0.05) is 6.42 Å². The Morgan fingerprint density at radius 3 is 1.32 bits per heavy atom. The zero-order chi connectivity index (χ0) is 17.3. The average molecular weight is 349 g/mol. The Bertz CT molecular complexity index is 292. The first kappa shape index (κ1) is 21.7. The zero-order valence-electron chi connectivity index (χ0n) is 12.9. The lowest BCUT2D eigenvalue weighted by Crippen LogP contribution is -2.64. The van der Waals surface area contributed by atoms with E-state index < -0.39 is 27.1 Å². The molecule has 0 unspecified atom stereocenters. The molecule has 6 N–H and O–H groups in total. The molecule has 0 spiro atoms. The van der Waals surface area contributed by atoms with E-state index in [-0.39, 0.29) is 6.42 Å². The monoisotopic (exact) mass is 349 g/mol. The molecule has 3 nitrogen and oxygen atoms in total. The molecule has 0 bridgehead atoms. The molecule has 0 aliphatic rings. The highest BCUT2D eigenvalue weighted by atomic mass is 28.4. The number of alkyl halides is 5. The van der Waals surface area contributed by atoms with Crippen LogP contribution in [0.15, 0.2) is 0 Å². The minimum Gasteiger partial charge on any atom is -0.327 e. The Labute approximate surface area is 130 Å². The molecule has 0 amide bonds. The lowest BCUT2D eigenvalue weighted by molar-refractivity contribution is -0.284. The highest BCUT2D eigenvalue weighted by Crippen LogP contribution is 2.39. The first-order valence-electron chi connectivity index (χ1n) is 7.77. The number of halogens is 5. The topological polar surface area (TPSA) is 78.1 Å². The van der Waals surface area contributed by atoms with Crippen LogP contribution in [-0.2, 0) is 0 Å². The average Bonchev–Trinajstić information content (AvgIpc) is 2.33. The molecule has 0 radical (unpaired) electrons. The standard InChI is InChI=1S/C13H28F5N3Si/c14-12(15,13(16,17)18)10-8-6-4-2-1-3-5-7-9-11-22(19,20)21/h1-11,19-21H2. The van der Waals surface area contributed by atoms with Crippen molar-refractivity contribution in [2.75, 3.05) is 0 Å². The molecule has 0 aromatic rings. The lowest BCUT2D eigenvalue weighted by Gasteiger charge is -2.19. The van der Waals surface area contributed by atoms with Crippen molar-refractivity contribution in [3.05, 3.63) is 0 Å². The maximum Gasteiger partial charge on any atom is 0.453 e. The van der Waals surface area contributed by atoms with E-state index in [1.54, 1.807) is 0 Å². The SMILES string of the molecule is N[Si](N)(N)CCCCCCCCCCCC(F)(F)C(F)(F)F. The van der Waals surface area contributed by atoms with Crippen molar-refractivity contribution in [1.82, 2.24) is 0 Å². The highest BCUT2D eigenvalue weighted by molar-refractivity contribution is 6.70. The number of hydrogen-bond acceptors (Lipinski definition) is 3. The summed E-state index contributed by atoms with van der Waals surface area (Å²) < 4.78 is 61.0. The molecule has 0 rings (SSSR count). The summed E-state index contributed by atoms with van der Waals surface area (Å²) in [6.45, 7) is 0. The summed E-state index contributed by atoms with van der Waals surface area (Å²) in [5.41, 5.74) is 0. The van der Waals surface area contributed by atoms with Gasteiger partial charge in [-0.25, -0.2) is 0 Å². The number of rotatable bonds is 12. The van der Waals surface area contributed by atoms with Crippen molar-refractivity contribution in [2.24, 2.45) is 16.2 Å². The third kappa shape index (κ3) is 11.3. The summed E-state index contributed by atoms with van der Waals surface area (Å²) in [7, 11) is -2.42. The van der Waals surface area contributed by atoms with Crippen LogP contribution in [0.5, 0.6) is 0 Å². The molecule has 0 fully saturated rings. The highest BCUT2D eigenvalue weighted by Gasteiger charge is 2.56. The van der Waals surface area contributed by atoms with Gasteiger partial charge in [-0.05, 0) is 12.5 Å². The summed E-state index contributed by atoms with van der Waals surface area (Å²) in [4.78, 5) is 0. The van der Waals surface area contributed by atoms with E-state index in [0.717, 1.165) is 38.5 Å². The van der Waals surface area contributed by atoms with Gasteiger partial charge < -0.3 is 16.2 Å². The third-order valence-electron chi connectivity index (χ3n) is 3.52. The second-order valence-electron chi connectivity index (χ2n) is 6.00. The fourth-order valence-corrected chi connectivity index (χ4v) is 3.02. The van der Waals surface area contributed by atoms with Gasteiger partial charge in [0.05, 0.1) is 0 Å². The molecule has 0 aliphatic carbocycles. The largest absolute Gasteiger partial charge is 0.453 e. The molecule has 0 saturated heterocycles. The van der Waals surface area contributed by atoms with E-state index in [9.17, 15) is 22.0 Å². The fraction of sp³-hybridized carbons (Fsp3) is 1.00. The van der Waals surface area contributed by atoms with Crippen LogP contribution in [0.25, 0.3) is 0 Å². The minimum absolute atomic E-state index is 0.0945. The number of nitrogens with two attached hydrogens (primary N) is 3. The van der Waals surface area contributed by atoms with Crippen molar-refractivity contribution in [2.45, 2.75) is 82.4 Å². The molecule has 0 saturated carbocycles. The van der Waals surface area contributed by atoms with E-state index in [1.807, 2.05) is 0 Å². The van der Waals surface area contributed by atoms with Gasteiger partial charge in [-0.2, -0.15) is 22.0 Å². The first-order valence-corrected chi connectivity index (χ1v) is 10.2. The zero-order valence-corrected chi connectivity index (χ0v) is 13.9. The van der Waals surface area contributed by atoms with Crippen LogP contribution in [0.1, 0.15) is 64.2 Å². The second kappa shape index (κ2) is 9.79. The number of unbranched alkanes of at least 4 members (excludes halogenated alkanes) is 8. The van der Waals surface area contributed by atoms with E-state index in [4.69, 9.17) is 16.2 Å². The van der Waals surface area contributed by atoms with Gasteiger partial charge >= 0.3 is 12.1 Å². The smallest absolute Gasteiger partial charge is 0.327 e. The van der Waals surface area contributed by atoms with Gasteiger partial charge in [-0.15, -0.1) is 0 Å². The van der Waals surface area contributed by atoms with Crippen molar-refractivity contribution in [3.8, 4) is 0 Å². The molecular weight excluding hydrogens is 321 g/mol. The Hall–Kier alpha value is -0.253. The third-order valence-corrected chi connectivity index (χ3v) is 4.73. The summed E-state index contributed by atoms with van der Waals surface area (Å²) in [6.07, 6.45) is 0.287. The molecular formula is C13H28F5N3Si. The molecule has 0 heterocycles. The normalized spacial score (nSPS) is 13.6. The van der Waals surface area contributed by atoms with Crippen LogP contribution in [0.3, 0.4) is 0 Å². The summed E-state index contributed by atoms with van der Waals surface area (Å²) in [6, 6.07) is 0.695. The Balaban J connectivity index is 3.38. The molecule has 0 aromatic carbocycles. The molecule has 134 valence electrons. The van der Waals surface area contributed by atoms with Crippen LogP contribution in [0.4, 0.5) is 22.0 Å². The van der Waals surface area contributed by atoms with E-state index in [1.165, 1.54) is 0 Å². The molecule has 0 atom stereocenters. The van der Waals surface area contributed by atoms with Gasteiger partial charge in [0.15, 0.2) is 0 Å². The molecule has 0 aromatic heterocycles. The summed E-state index contributed by atoms with van der Waals surface area (Å²) in [5.74, 6) is -4.56. The predicted octanol–water partition coefficient (Wildman–Crippen LogP) is 3.90. The summed E-state index contributed by atoms with van der Waals surface area (Å²) >= 11 is 0. The maximum atomic E-state index is 12.6. The van der Waals surface area contributed by atoms with Crippen LogP contribution in [-0.4, -0.2) is 20.7 Å².